The van der Waals surface area contributed by atoms with Gasteiger partial charge in [0.05, 0.1) is 11.9 Å². The number of piperidine rings is 1. The van der Waals surface area contributed by atoms with E-state index in [9.17, 15) is 13.2 Å². The number of hydrogen-bond acceptors (Lipinski definition) is 4. The SMILES string of the molecule is C[C@@H]1CCCN(CCCNC(=O)c2ccc3c(c2)CCN3S(C)(=O)=O)C1. The summed E-state index contributed by atoms with van der Waals surface area (Å²) in [4.78, 5) is 14.9. The van der Waals surface area contributed by atoms with E-state index in [0.717, 1.165) is 31.0 Å². The summed E-state index contributed by atoms with van der Waals surface area (Å²) in [5.41, 5.74) is 2.22. The van der Waals surface area contributed by atoms with Crippen LogP contribution in [0.5, 0.6) is 0 Å². The number of benzene rings is 1. The van der Waals surface area contributed by atoms with E-state index >= 15 is 0 Å². The van der Waals surface area contributed by atoms with Gasteiger partial charge in [0.1, 0.15) is 0 Å². The highest BCUT2D eigenvalue weighted by atomic mass is 32.2. The first-order valence-corrected chi connectivity index (χ1v) is 11.3. The number of sulfonamides is 1. The highest BCUT2D eigenvalue weighted by Crippen LogP contribution is 2.30. The largest absolute Gasteiger partial charge is 0.352 e. The quantitative estimate of drug-likeness (QED) is 0.766. The third-order valence-electron chi connectivity index (χ3n) is 5.27. The molecule has 0 saturated carbocycles. The lowest BCUT2D eigenvalue weighted by Gasteiger charge is -2.30. The van der Waals surface area contributed by atoms with Gasteiger partial charge in [0.15, 0.2) is 0 Å². The summed E-state index contributed by atoms with van der Waals surface area (Å²) >= 11 is 0. The van der Waals surface area contributed by atoms with E-state index in [0.29, 0.717) is 30.8 Å². The van der Waals surface area contributed by atoms with Crippen molar-refractivity contribution in [2.75, 3.05) is 43.3 Å². The molecule has 1 fully saturated rings. The molecule has 0 unspecified atom stereocenters. The minimum atomic E-state index is -3.25. The second-order valence-corrected chi connectivity index (χ2v) is 9.49. The molecule has 0 aromatic heterocycles. The van der Waals surface area contributed by atoms with E-state index in [1.165, 1.54) is 29.9 Å². The lowest BCUT2D eigenvalue weighted by Crippen LogP contribution is -2.36. The summed E-state index contributed by atoms with van der Waals surface area (Å²) in [5, 5.41) is 2.98. The van der Waals surface area contributed by atoms with Crippen molar-refractivity contribution in [2.24, 2.45) is 5.92 Å². The van der Waals surface area contributed by atoms with Gasteiger partial charge in [-0.25, -0.2) is 8.42 Å². The van der Waals surface area contributed by atoms with Crippen LogP contribution < -0.4 is 9.62 Å². The highest BCUT2D eigenvalue weighted by molar-refractivity contribution is 7.92. The fraction of sp³-hybridized carbons (Fsp3) is 0.632. The molecule has 1 aromatic carbocycles. The molecule has 0 spiro atoms. The molecule has 1 N–H and O–H groups in total. The third kappa shape index (κ3) is 4.57. The summed E-state index contributed by atoms with van der Waals surface area (Å²) in [5.74, 6) is 0.689. The fourth-order valence-electron chi connectivity index (χ4n) is 3.95. The Bertz CT molecular complexity index is 763. The molecule has 2 aliphatic rings. The number of carbonyl (C=O) groups excluding carboxylic acids is 1. The first-order chi connectivity index (χ1) is 12.3. The second-order valence-electron chi connectivity index (χ2n) is 7.59. The van der Waals surface area contributed by atoms with E-state index < -0.39 is 10.0 Å². The Hall–Kier alpha value is -1.60. The first-order valence-electron chi connectivity index (χ1n) is 9.46. The number of fused-ring (bicyclic) bond motifs is 1. The molecular weight excluding hydrogens is 350 g/mol. The molecule has 1 amide bonds. The Morgan fingerprint density at radius 1 is 1.31 bits per heavy atom. The molecule has 2 aliphatic heterocycles. The summed E-state index contributed by atoms with van der Waals surface area (Å²) in [6.07, 6.45) is 5.41. The van der Waals surface area contributed by atoms with Gasteiger partial charge in [-0.3, -0.25) is 9.10 Å². The van der Waals surface area contributed by atoms with Crippen molar-refractivity contribution in [3.63, 3.8) is 0 Å². The molecule has 26 heavy (non-hydrogen) atoms. The number of amides is 1. The minimum Gasteiger partial charge on any atom is -0.352 e. The Morgan fingerprint density at radius 3 is 2.85 bits per heavy atom. The molecular formula is C19H29N3O3S. The maximum atomic E-state index is 12.4. The summed E-state index contributed by atoms with van der Waals surface area (Å²) in [6.45, 7) is 6.77. The van der Waals surface area contributed by atoms with E-state index in [2.05, 4.69) is 17.1 Å². The summed E-state index contributed by atoms with van der Waals surface area (Å²) in [6, 6.07) is 5.28. The number of rotatable bonds is 6. The van der Waals surface area contributed by atoms with Crippen LogP contribution in [-0.4, -0.2) is 58.2 Å². The van der Waals surface area contributed by atoms with Crippen LogP contribution in [0.25, 0.3) is 0 Å². The Balaban J connectivity index is 1.50. The minimum absolute atomic E-state index is 0.0855. The zero-order chi connectivity index (χ0) is 18.7. The van der Waals surface area contributed by atoms with Crippen molar-refractivity contribution in [1.82, 2.24) is 10.2 Å². The number of anilines is 1. The zero-order valence-corrected chi connectivity index (χ0v) is 16.5. The molecule has 1 atom stereocenters. The van der Waals surface area contributed by atoms with Gasteiger partial charge >= 0.3 is 0 Å². The number of hydrogen-bond donors (Lipinski definition) is 1. The normalized spacial score (nSPS) is 20.8. The van der Waals surface area contributed by atoms with Crippen LogP contribution in [0.15, 0.2) is 18.2 Å². The molecule has 1 saturated heterocycles. The van der Waals surface area contributed by atoms with Crippen LogP contribution in [-0.2, 0) is 16.4 Å². The maximum absolute atomic E-state index is 12.4. The molecule has 7 heteroatoms. The van der Waals surface area contributed by atoms with Crippen LogP contribution in [0.3, 0.4) is 0 Å². The zero-order valence-electron chi connectivity index (χ0n) is 15.7. The maximum Gasteiger partial charge on any atom is 0.251 e. The van der Waals surface area contributed by atoms with Crippen LogP contribution in [0.4, 0.5) is 5.69 Å². The fourth-order valence-corrected chi connectivity index (χ4v) is 4.91. The number of nitrogens with zero attached hydrogens (tertiary/aromatic N) is 2. The van der Waals surface area contributed by atoms with Crippen molar-refractivity contribution >= 4 is 21.6 Å². The third-order valence-corrected chi connectivity index (χ3v) is 6.45. The second kappa shape index (κ2) is 7.96. The molecule has 6 nitrogen and oxygen atoms in total. The number of nitrogens with one attached hydrogen (secondary N) is 1. The molecule has 144 valence electrons. The lowest BCUT2D eigenvalue weighted by molar-refractivity contribution is 0.0950. The molecule has 3 rings (SSSR count). The van der Waals surface area contributed by atoms with Gasteiger partial charge in [-0.15, -0.1) is 0 Å². The van der Waals surface area contributed by atoms with Crippen molar-refractivity contribution in [3.8, 4) is 0 Å². The highest BCUT2D eigenvalue weighted by Gasteiger charge is 2.26. The average Bonchev–Trinajstić information content (AvgIpc) is 3.02. The number of likely N-dealkylation sites (tertiary alicyclic amines) is 1. The monoisotopic (exact) mass is 379 g/mol. The predicted octanol–water partition coefficient (Wildman–Crippen LogP) is 1.86. The van der Waals surface area contributed by atoms with E-state index in [1.54, 1.807) is 12.1 Å². The van der Waals surface area contributed by atoms with Crippen LogP contribution in [0.1, 0.15) is 42.1 Å². The van der Waals surface area contributed by atoms with Gasteiger partial charge in [-0.1, -0.05) is 6.92 Å². The summed E-state index contributed by atoms with van der Waals surface area (Å²) in [7, 11) is -3.25. The van der Waals surface area contributed by atoms with Crippen LogP contribution >= 0.6 is 0 Å². The van der Waals surface area contributed by atoms with Crippen molar-refractivity contribution in [3.05, 3.63) is 29.3 Å². The molecule has 2 heterocycles. The lowest BCUT2D eigenvalue weighted by atomic mass is 10.0. The van der Waals surface area contributed by atoms with E-state index in [-0.39, 0.29) is 5.91 Å². The topological polar surface area (TPSA) is 69.7 Å². The van der Waals surface area contributed by atoms with Crippen LogP contribution in [0.2, 0.25) is 0 Å². The van der Waals surface area contributed by atoms with Crippen molar-refractivity contribution in [2.45, 2.75) is 32.6 Å². The molecule has 0 aliphatic carbocycles. The van der Waals surface area contributed by atoms with Gasteiger partial charge in [-0.2, -0.15) is 0 Å². The van der Waals surface area contributed by atoms with Crippen molar-refractivity contribution in [1.29, 1.82) is 0 Å². The van der Waals surface area contributed by atoms with E-state index in [1.807, 2.05) is 6.07 Å². The van der Waals surface area contributed by atoms with Crippen LogP contribution in [0, 0.1) is 5.92 Å². The van der Waals surface area contributed by atoms with Crippen molar-refractivity contribution < 1.29 is 13.2 Å². The average molecular weight is 380 g/mol. The Morgan fingerprint density at radius 2 is 2.12 bits per heavy atom. The van der Waals surface area contributed by atoms with Gasteiger partial charge < -0.3 is 10.2 Å². The Kier molecular flexibility index (Phi) is 5.87. The Labute approximate surface area is 156 Å². The first kappa shape index (κ1) is 19.2. The molecule has 1 aromatic rings. The van der Waals surface area contributed by atoms with Gasteiger partial charge in [0, 0.05) is 25.2 Å². The van der Waals surface area contributed by atoms with Gasteiger partial charge in [-0.05, 0) is 68.5 Å². The standard InChI is InChI=1S/C19H29N3O3S/c1-15-5-3-10-21(14-15)11-4-9-20-19(23)17-6-7-18-16(13-17)8-12-22(18)26(2,24)25/h6-7,13,15H,3-5,8-12,14H2,1-2H3,(H,20,23)/t15-/m1/s1. The predicted molar refractivity (Wildman–Crippen MR) is 104 cm³/mol. The summed E-state index contributed by atoms with van der Waals surface area (Å²) < 4.78 is 25.0. The molecule has 0 bridgehead atoms. The number of carbonyl (C=O) groups is 1. The van der Waals surface area contributed by atoms with Gasteiger partial charge in [0.2, 0.25) is 10.0 Å². The van der Waals surface area contributed by atoms with Gasteiger partial charge in [0.25, 0.3) is 5.91 Å². The smallest absolute Gasteiger partial charge is 0.251 e. The molecule has 0 radical (unpaired) electrons. The van der Waals surface area contributed by atoms with E-state index in [4.69, 9.17) is 0 Å².